The van der Waals surface area contributed by atoms with E-state index in [2.05, 4.69) is 16.0 Å². The number of amides is 1. The molecule has 3 N–H and O–H groups in total. The fourth-order valence-electron chi connectivity index (χ4n) is 3.22. The Hall–Kier alpha value is -2.63. The molecule has 2 aromatic heterocycles. The van der Waals surface area contributed by atoms with Crippen molar-refractivity contribution >= 4 is 39.0 Å². The molecule has 0 saturated heterocycles. The normalized spacial score (nSPS) is 11.4. The Morgan fingerprint density at radius 1 is 1.12 bits per heavy atom. The highest BCUT2D eigenvalue weighted by molar-refractivity contribution is 7.09. The Morgan fingerprint density at radius 3 is 2.71 bits per heavy atom. The fraction of sp³-hybridized carbons (Fsp3) is 0.105. The van der Waals surface area contributed by atoms with Gasteiger partial charge in [-0.25, -0.2) is 0 Å². The maximum Gasteiger partial charge on any atom is 0.249 e. The molecule has 0 fully saturated rings. The minimum Gasteiger partial charge on any atom is -0.392 e. The number of aliphatic hydroxyl groups is 1. The summed E-state index contributed by atoms with van der Waals surface area (Å²) < 4.78 is 2.18. The van der Waals surface area contributed by atoms with Crippen molar-refractivity contribution in [3.63, 3.8) is 0 Å². The molecular formula is C19H16N2O2S. The predicted octanol–water partition coefficient (Wildman–Crippen LogP) is 3.50. The third-order valence-electron chi connectivity index (χ3n) is 4.30. The first-order valence-electron chi connectivity index (χ1n) is 7.66. The number of hydrogen-bond donors (Lipinski definition) is 2. The van der Waals surface area contributed by atoms with Crippen LogP contribution >= 0.6 is 11.3 Å². The van der Waals surface area contributed by atoms with Crippen LogP contribution < -0.4 is 5.73 Å². The summed E-state index contributed by atoms with van der Waals surface area (Å²) in [5.41, 5.74) is 8.93. The van der Waals surface area contributed by atoms with Gasteiger partial charge in [-0.15, -0.1) is 11.3 Å². The van der Waals surface area contributed by atoms with E-state index in [0.29, 0.717) is 5.56 Å². The molecule has 0 bridgehead atoms. The molecule has 5 heteroatoms. The highest BCUT2D eigenvalue weighted by Crippen LogP contribution is 2.33. The lowest BCUT2D eigenvalue weighted by Gasteiger charge is -2.07. The lowest BCUT2D eigenvalue weighted by atomic mass is 10.0. The molecular weight excluding hydrogens is 320 g/mol. The lowest BCUT2D eigenvalue weighted by Crippen LogP contribution is -2.11. The number of rotatable bonds is 4. The molecule has 1 amide bonds. The summed E-state index contributed by atoms with van der Waals surface area (Å²) >= 11 is 1.70. The van der Waals surface area contributed by atoms with Crippen LogP contribution in [-0.4, -0.2) is 15.6 Å². The molecule has 0 aliphatic heterocycles. The van der Waals surface area contributed by atoms with Gasteiger partial charge < -0.3 is 15.4 Å². The number of nitrogens with two attached hydrogens (primary N) is 1. The zero-order chi connectivity index (χ0) is 16.7. The van der Waals surface area contributed by atoms with Crippen molar-refractivity contribution in [2.24, 2.45) is 5.73 Å². The summed E-state index contributed by atoms with van der Waals surface area (Å²) in [5.74, 6) is -0.429. The van der Waals surface area contributed by atoms with Gasteiger partial charge in [0.15, 0.2) is 0 Å². The van der Waals surface area contributed by atoms with Crippen molar-refractivity contribution in [3.05, 3.63) is 69.9 Å². The van der Waals surface area contributed by atoms with Gasteiger partial charge in [-0.1, -0.05) is 24.3 Å². The Bertz CT molecular complexity index is 1050. The summed E-state index contributed by atoms with van der Waals surface area (Å²) in [4.78, 5) is 13.1. The van der Waals surface area contributed by atoms with E-state index >= 15 is 0 Å². The maximum absolute atomic E-state index is 11.9. The zero-order valence-corrected chi connectivity index (χ0v) is 13.7. The van der Waals surface area contributed by atoms with Crippen LogP contribution in [0.5, 0.6) is 0 Å². The first-order valence-corrected chi connectivity index (χ1v) is 8.54. The number of fused-ring (bicyclic) bond motifs is 3. The highest BCUT2D eigenvalue weighted by atomic mass is 32.1. The minimum absolute atomic E-state index is 0.0147. The molecule has 0 unspecified atom stereocenters. The summed E-state index contributed by atoms with van der Waals surface area (Å²) in [6, 6.07) is 15.6. The average molecular weight is 336 g/mol. The van der Waals surface area contributed by atoms with Crippen molar-refractivity contribution in [2.75, 3.05) is 0 Å². The van der Waals surface area contributed by atoms with Crippen LogP contribution in [0.15, 0.2) is 53.9 Å². The quantitative estimate of drug-likeness (QED) is 0.599. The van der Waals surface area contributed by atoms with Crippen LogP contribution in [0.4, 0.5) is 0 Å². The van der Waals surface area contributed by atoms with E-state index in [1.165, 1.54) is 4.88 Å². The second kappa shape index (κ2) is 5.78. The maximum atomic E-state index is 11.9. The number of aliphatic hydroxyl groups excluding tert-OH is 1. The predicted molar refractivity (Wildman–Crippen MR) is 97.3 cm³/mol. The molecule has 0 radical (unpaired) electrons. The van der Waals surface area contributed by atoms with Gasteiger partial charge in [-0.3, -0.25) is 4.79 Å². The van der Waals surface area contributed by atoms with Crippen molar-refractivity contribution < 1.29 is 9.90 Å². The molecule has 0 spiro atoms. The van der Waals surface area contributed by atoms with Gasteiger partial charge >= 0.3 is 0 Å². The minimum atomic E-state index is -0.429. The zero-order valence-electron chi connectivity index (χ0n) is 12.9. The van der Waals surface area contributed by atoms with E-state index in [9.17, 15) is 9.90 Å². The summed E-state index contributed by atoms with van der Waals surface area (Å²) in [7, 11) is 0. The number of hydrogen-bond acceptors (Lipinski definition) is 3. The van der Waals surface area contributed by atoms with Crippen molar-refractivity contribution in [3.8, 4) is 0 Å². The number of benzene rings is 2. The fourth-order valence-corrected chi connectivity index (χ4v) is 3.91. The van der Waals surface area contributed by atoms with Crippen LogP contribution in [0.1, 0.15) is 20.8 Å². The standard InChI is InChI=1S/C19H16N2O2S/c20-19(23)15-4-1-5-16-18(15)14-7-6-12(11-22)9-17(14)21(16)10-13-3-2-8-24-13/h1-9,22H,10-11H2,(H2,20,23). The van der Waals surface area contributed by atoms with Gasteiger partial charge in [0.25, 0.3) is 0 Å². The molecule has 0 aliphatic carbocycles. The van der Waals surface area contributed by atoms with Gasteiger partial charge in [0.1, 0.15) is 0 Å². The molecule has 4 aromatic rings. The summed E-state index contributed by atoms with van der Waals surface area (Å²) in [5, 5.41) is 13.4. The molecule has 0 aliphatic rings. The lowest BCUT2D eigenvalue weighted by molar-refractivity contribution is 0.100. The van der Waals surface area contributed by atoms with Gasteiger partial charge in [0.05, 0.1) is 18.7 Å². The summed E-state index contributed by atoms with van der Waals surface area (Å²) in [6.45, 7) is 0.702. The monoisotopic (exact) mass is 336 g/mol. The first-order chi connectivity index (χ1) is 11.7. The molecule has 4 rings (SSSR count). The number of aromatic nitrogens is 1. The third-order valence-corrected chi connectivity index (χ3v) is 5.16. The van der Waals surface area contributed by atoms with Gasteiger partial charge in [0.2, 0.25) is 5.91 Å². The third kappa shape index (κ3) is 2.29. The Morgan fingerprint density at radius 2 is 2.00 bits per heavy atom. The van der Waals surface area contributed by atoms with E-state index in [1.807, 2.05) is 36.4 Å². The van der Waals surface area contributed by atoms with E-state index in [0.717, 1.165) is 33.9 Å². The van der Waals surface area contributed by atoms with Gasteiger partial charge in [-0.05, 0) is 35.2 Å². The van der Waals surface area contributed by atoms with E-state index in [4.69, 9.17) is 5.73 Å². The van der Waals surface area contributed by atoms with Crippen molar-refractivity contribution in [1.82, 2.24) is 4.57 Å². The molecule has 120 valence electrons. The van der Waals surface area contributed by atoms with Crippen LogP contribution in [-0.2, 0) is 13.2 Å². The Balaban J connectivity index is 2.09. The Labute approximate surface area is 142 Å². The molecule has 4 nitrogen and oxygen atoms in total. The van der Waals surface area contributed by atoms with Gasteiger partial charge in [0, 0.05) is 26.7 Å². The summed E-state index contributed by atoms with van der Waals surface area (Å²) in [6.07, 6.45) is 0. The van der Waals surface area contributed by atoms with Crippen molar-refractivity contribution in [2.45, 2.75) is 13.2 Å². The topological polar surface area (TPSA) is 68.2 Å². The number of nitrogens with zero attached hydrogens (tertiary/aromatic N) is 1. The van der Waals surface area contributed by atoms with E-state index < -0.39 is 5.91 Å². The van der Waals surface area contributed by atoms with Gasteiger partial charge in [-0.2, -0.15) is 0 Å². The van der Waals surface area contributed by atoms with Crippen LogP contribution in [0.3, 0.4) is 0 Å². The largest absolute Gasteiger partial charge is 0.392 e. The van der Waals surface area contributed by atoms with E-state index in [-0.39, 0.29) is 6.61 Å². The van der Waals surface area contributed by atoms with Crippen LogP contribution in [0.2, 0.25) is 0 Å². The SMILES string of the molecule is NC(=O)c1cccc2c1c1ccc(CO)cc1n2Cc1cccs1. The average Bonchev–Trinajstić information content (AvgIpc) is 3.21. The molecule has 2 heterocycles. The van der Waals surface area contributed by atoms with Crippen LogP contribution in [0.25, 0.3) is 21.8 Å². The van der Waals surface area contributed by atoms with Crippen LogP contribution in [0, 0.1) is 0 Å². The van der Waals surface area contributed by atoms with Crippen molar-refractivity contribution in [1.29, 1.82) is 0 Å². The molecule has 0 atom stereocenters. The molecule has 2 aromatic carbocycles. The number of thiophene rings is 1. The second-order valence-corrected chi connectivity index (χ2v) is 6.77. The highest BCUT2D eigenvalue weighted by Gasteiger charge is 2.17. The number of carbonyl (C=O) groups excluding carboxylic acids is 1. The smallest absolute Gasteiger partial charge is 0.249 e. The molecule has 0 saturated carbocycles. The number of carbonyl (C=O) groups is 1. The first kappa shape index (κ1) is 14.9. The molecule has 24 heavy (non-hydrogen) atoms. The second-order valence-electron chi connectivity index (χ2n) is 5.74. The number of primary amides is 1. The Kier molecular flexibility index (Phi) is 3.59. The van der Waals surface area contributed by atoms with E-state index in [1.54, 1.807) is 17.4 Å².